The van der Waals surface area contributed by atoms with Gasteiger partial charge in [-0.1, -0.05) is 18.2 Å². The van der Waals surface area contributed by atoms with Crippen LogP contribution in [-0.2, 0) is 19.6 Å². The Hall–Kier alpha value is -2.67. The van der Waals surface area contributed by atoms with Gasteiger partial charge in [-0.15, -0.1) is 0 Å². The Morgan fingerprint density at radius 1 is 0.913 bits per heavy atom. The molecule has 0 bridgehead atoms. The molecule has 120 valence electrons. The Balaban J connectivity index is 2.42. The summed E-state index contributed by atoms with van der Waals surface area (Å²) in [5, 5.41) is 2.55. The quantitative estimate of drug-likeness (QED) is 0.932. The predicted molar refractivity (Wildman–Crippen MR) is 87.5 cm³/mol. The average molecular weight is 332 g/mol. The summed E-state index contributed by atoms with van der Waals surface area (Å²) in [6, 6.07) is 13.8. The number of nitrogens with one attached hydrogen (secondary N) is 1. The third-order valence-corrected chi connectivity index (χ3v) is 4.81. The fourth-order valence-electron chi connectivity index (χ4n) is 2.07. The number of amides is 2. The van der Waals surface area contributed by atoms with Crippen molar-refractivity contribution in [2.24, 2.45) is 0 Å². The van der Waals surface area contributed by atoms with E-state index in [1.165, 1.54) is 38.1 Å². The van der Waals surface area contributed by atoms with Crippen LogP contribution in [-0.4, -0.2) is 20.2 Å². The van der Waals surface area contributed by atoms with Crippen LogP contribution in [0.4, 0.5) is 11.4 Å². The standard InChI is InChI=1S/C16H16N2O4S/c1-12(19)17-14-8-10-16(11-9-14)23(21,22)18(13(2)20)15-6-4-3-5-7-15/h3-11H,1-2H3,(H,17,19). The number of para-hydroxylation sites is 1. The molecule has 0 aliphatic heterocycles. The number of sulfonamides is 1. The van der Waals surface area contributed by atoms with Crippen molar-refractivity contribution < 1.29 is 18.0 Å². The Kier molecular flexibility index (Phi) is 4.80. The number of hydrogen-bond donors (Lipinski definition) is 1. The molecule has 0 radical (unpaired) electrons. The molecule has 0 aromatic heterocycles. The highest BCUT2D eigenvalue weighted by molar-refractivity contribution is 7.93. The molecule has 0 saturated carbocycles. The minimum Gasteiger partial charge on any atom is -0.326 e. The Morgan fingerprint density at radius 2 is 1.48 bits per heavy atom. The first-order chi connectivity index (χ1) is 10.8. The van der Waals surface area contributed by atoms with E-state index in [1.54, 1.807) is 30.3 Å². The molecular formula is C16H16N2O4S. The number of carbonyl (C=O) groups is 2. The van der Waals surface area contributed by atoms with E-state index in [0.29, 0.717) is 5.69 Å². The maximum atomic E-state index is 12.7. The van der Waals surface area contributed by atoms with Crippen LogP contribution in [0.2, 0.25) is 0 Å². The lowest BCUT2D eigenvalue weighted by Gasteiger charge is -2.21. The number of hydrogen-bond acceptors (Lipinski definition) is 4. The normalized spacial score (nSPS) is 10.9. The summed E-state index contributed by atoms with van der Waals surface area (Å²) in [5.41, 5.74) is 0.747. The van der Waals surface area contributed by atoms with Crippen molar-refractivity contribution in [3.8, 4) is 0 Å². The molecule has 2 amide bonds. The van der Waals surface area contributed by atoms with Crippen molar-refractivity contribution in [1.29, 1.82) is 0 Å². The maximum Gasteiger partial charge on any atom is 0.270 e. The average Bonchev–Trinajstić information content (AvgIpc) is 2.47. The van der Waals surface area contributed by atoms with E-state index in [-0.39, 0.29) is 16.5 Å². The first-order valence-electron chi connectivity index (χ1n) is 6.81. The van der Waals surface area contributed by atoms with Gasteiger partial charge in [0.1, 0.15) is 0 Å². The summed E-state index contributed by atoms with van der Waals surface area (Å²) in [4.78, 5) is 22.8. The number of rotatable bonds is 4. The van der Waals surface area contributed by atoms with Crippen LogP contribution in [0, 0.1) is 0 Å². The van der Waals surface area contributed by atoms with Gasteiger partial charge < -0.3 is 5.32 Å². The van der Waals surface area contributed by atoms with Gasteiger partial charge in [-0.3, -0.25) is 9.59 Å². The lowest BCUT2D eigenvalue weighted by atomic mass is 10.3. The van der Waals surface area contributed by atoms with Gasteiger partial charge in [-0.25, -0.2) is 12.7 Å². The Bertz CT molecular complexity index is 815. The van der Waals surface area contributed by atoms with Crippen LogP contribution in [0.15, 0.2) is 59.5 Å². The maximum absolute atomic E-state index is 12.7. The van der Waals surface area contributed by atoms with Gasteiger partial charge in [0, 0.05) is 19.5 Å². The summed E-state index contributed by atoms with van der Waals surface area (Å²) in [6.45, 7) is 2.55. The van der Waals surface area contributed by atoms with Crippen LogP contribution in [0.1, 0.15) is 13.8 Å². The summed E-state index contributed by atoms with van der Waals surface area (Å²) >= 11 is 0. The minimum atomic E-state index is -4.03. The molecular weight excluding hydrogens is 316 g/mol. The van der Waals surface area contributed by atoms with Gasteiger partial charge in [0.25, 0.3) is 10.0 Å². The topological polar surface area (TPSA) is 83.6 Å². The van der Waals surface area contributed by atoms with Crippen LogP contribution in [0.5, 0.6) is 0 Å². The van der Waals surface area contributed by atoms with Crippen molar-refractivity contribution in [2.45, 2.75) is 18.7 Å². The van der Waals surface area contributed by atoms with E-state index in [2.05, 4.69) is 5.32 Å². The van der Waals surface area contributed by atoms with Crippen molar-refractivity contribution in [1.82, 2.24) is 0 Å². The second kappa shape index (κ2) is 6.62. The van der Waals surface area contributed by atoms with E-state index in [1.807, 2.05) is 0 Å². The first-order valence-corrected chi connectivity index (χ1v) is 8.25. The molecule has 0 saturated heterocycles. The highest BCUT2D eigenvalue weighted by Gasteiger charge is 2.28. The Labute approximate surface area is 134 Å². The van der Waals surface area contributed by atoms with Crippen LogP contribution in [0.25, 0.3) is 0 Å². The molecule has 0 spiro atoms. The van der Waals surface area contributed by atoms with Gasteiger partial charge in [0.2, 0.25) is 11.8 Å². The number of anilines is 2. The van der Waals surface area contributed by atoms with E-state index in [0.717, 1.165) is 4.31 Å². The molecule has 0 atom stereocenters. The van der Waals surface area contributed by atoms with Gasteiger partial charge in [0.15, 0.2) is 0 Å². The highest BCUT2D eigenvalue weighted by atomic mass is 32.2. The molecule has 1 N–H and O–H groups in total. The second-order valence-corrected chi connectivity index (χ2v) is 6.62. The Morgan fingerprint density at radius 3 is 1.96 bits per heavy atom. The zero-order valence-electron chi connectivity index (χ0n) is 12.7. The highest BCUT2D eigenvalue weighted by Crippen LogP contribution is 2.24. The van der Waals surface area contributed by atoms with Crippen LogP contribution >= 0.6 is 0 Å². The number of nitrogens with zero attached hydrogens (tertiary/aromatic N) is 1. The van der Waals surface area contributed by atoms with Crippen molar-refractivity contribution >= 4 is 33.2 Å². The third kappa shape index (κ3) is 3.75. The SMILES string of the molecule is CC(=O)Nc1ccc(S(=O)(=O)N(C(C)=O)c2ccccc2)cc1. The molecule has 23 heavy (non-hydrogen) atoms. The summed E-state index contributed by atoms with van der Waals surface area (Å²) in [7, 11) is -4.03. The monoisotopic (exact) mass is 332 g/mol. The zero-order chi connectivity index (χ0) is 17.0. The molecule has 0 heterocycles. The first kappa shape index (κ1) is 16.7. The van der Waals surface area contributed by atoms with Crippen LogP contribution in [0.3, 0.4) is 0 Å². The fourth-order valence-corrected chi connectivity index (χ4v) is 3.50. The molecule has 7 heteroatoms. The molecule has 6 nitrogen and oxygen atoms in total. The minimum absolute atomic E-state index is 0.0364. The molecule has 0 aliphatic rings. The summed E-state index contributed by atoms with van der Waals surface area (Å²) in [5.74, 6) is -0.864. The van der Waals surface area contributed by atoms with Gasteiger partial charge in [0.05, 0.1) is 10.6 Å². The lowest BCUT2D eigenvalue weighted by molar-refractivity contribution is -0.115. The van der Waals surface area contributed by atoms with E-state index in [4.69, 9.17) is 0 Å². The van der Waals surface area contributed by atoms with Gasteiger partial charge in [-0.05, 0) is 36.4 Å². The van der Waals surface area contributed by atoms with Gasteiger partial charge in [-0.2, -0.15) is 0 Å². The summed E-state index contributed by atoms with van der Waals surface area (Å²) in [6.07, 6.45) is 0. The smallest absolute Gasteiger partial charge is 0.270 e. The molecule has 2 aromatic carbocycles. The van der Waals surface area contributed by atoms with Crippen molar-refractivity contribution in [2.75, 3.05) is 9.62 Å². The molecule has 2 rings (SSSR count). The largest absolute Gasteiger partial charge is 0.326 e. The predicted octanol–water partition coefficient (Wildman–Crippen LogP) is 2.39. The van der Waals surface area contributed by atoms with E-state index < -0.39 is 15.9 Å². The van der Waals surface area contributed by atoms with E-state index in [9.17, 15) is 18.0 Å². The molecule has 0 fully saturated rings. The number of benzene rings is 2. The van der Waals surface area contributed by atoms with Gasteiger partial charge >= 0.3 is 0 Å². The van der Waals surface area contributed by atoms with Crippen molar-refractivity contribution in [3.05, 3.63) is 54.6 Å². The molecule has 0 unspecified atom stereocenters. The van der Waals surface area contributed by atoms with E-state index >= 15 is 0 Å². The molecule has 2 aromatic rings. The molecule has 0 aliphatic carbocycles. The van der Waals surface area contributed by atoms with Crippen LogP contribution < -0.4 is 9.62 Å². The third-order valence-electron chi connectivity index (χ3n) is 2.99. The zero-order valence-corrected chi connectivity index (χ0v) is 13.5. The lowest BCUT2D eigenvalue weighted by Crippen LogP contribution is -2.35. The second-order valence-electron chi connectivity index (χ2n) is 4.83. The fraction of sp³-hybridized carbons (Fsp3) is 0.125. The summed E-state index contributed by atoms with van der Waals surface area (Å²) < 4.78 is 26.2. The number of carbonyl (C=O) groups excluding carboxylic acids is 2. The van der Waals surface area contributed by atoms with Crippen molar-refractivity contribution in [3.63, 3.8) is 0 Å².